The molecule has 1 aromatic heterocycles. The van der Waals surface area contributed by atoms with Gasteiger partial charge in [-0.05, 0) is 25.5 Å². The van der Waals surface area contributed by atoms with Gasteiger partial charge >= 0.3 is 0 Å². The first-order chi connectivity index (χ1) is 15.1. The first kappa shape index (κ1) is 25.4. The summed E-state index contributed by atoms with van der Waals surface area (Å²) in [5.41, 5.74) is 0. The molecule has 2 aliphatic heterocycles. The van der Waals surface area contributed by atoms with E-state index in [-0.39, 0.29) is 23.9 Å². The van der Waals surface area contributed by atoms with Crippen LogP contribution in [0.2, 0.25) is 4.34 Å². The van der Waals surface area contributed by atoms with Crippen LogP contribution in [0.5, 0.6) is 0 Å². The second-order valence-corrected chi connectivity index (χ2v) is 11.1. The number of halogens is 2. The largest absolute Gasteiger partial charge is 0.379 e. The average Bonchev–Trinajstić information content (AvgIpc) is 3.34. The maximum Gasteiger partial charge on any atom is 0.248 e. The van der Waals surface area contributed by atoms with Gasteiger partial charge in [0.1, 0.15) is 12.1 Å². The van der Waals surface area contributed by atoms with Crippen LogP contribution >= 0.6 is 34.5 Å². The summed E-state index contributed by atoms with van der Waals surface area (Å²) in [6.07, 6.45) is -0.347. The third kappa shape index (κ3) is 6.02. The molecule has 9 nitrogen and oxygen atoms in total. The zero-order valence-electron chi connectivity index (χ0n) is 17.6. The molecule has 32 heavy (non-hydrogen) atoms. The molecule has 1 aromatic rings. The Morgan fingerprint density at radius 1 is 1.34 bits per heavy atom. The van der Waals surface area contributed by atoms with E-state index in [4.69, 9.17) is 32.7 Å². The Hall–Kier alpha value is -1.21. The summed E-state index contributed by atoms with van der Waals surface area (Å²) < 4.78 is 38.7. The van der Waals surface area contributed by atoms with Gasteiger partial charge in [0, 0.05) is 31.6 Å². The molecule has 0 saturated carbocycles. The molecule has 0 aliphatic carbocycles. The summed E-state index contributed by atoms with van der Waals surface area (Å²) in [5, 5.41) is 0.853. The van der Waals surface area contributed by atoms with Gasteiger partial charge in [0.05, 0.1) is 34.1 Å². The number of likely N-dealkylation sites (tertiary alicyclic amines) is 1. The molecule has 0 radical (unpaired) electrons. The molecule has 2 saturated heterocycles. The van der Waals surface area contributed by atoms with E-state index in [9.17, 15) is 18.0 Å². The van der Waals surface area contributed by atoms with Gasteiger partial charge in [-0.1, -0.05) is 23.2 Å². The summed E-state index contributed by atoms with van der Waals surface area (Å²) in [4.78, 5) is 29.7. The number of methoxy groups -OCH3 is 1. The lowest BCUT2D eigenvalue weighted by Gasteiger charge is -2.36. The Kier molecular flexibility index (Phi) is 8.59. The molecule has 1 N–H and O–H groups in total. The van der Waals surface area contributed by atoms with Crippen molar-refractivity contribution in [3.8, 4) is 0 Å². The number of amides is 2. The van der Waals surface area contributed by atoms with Crippen LogP contribution in [0.1, 0.15) is 18.2 Å². The summed E-state index contributed by atoms with van der Waals surface area (Å²) >= 11 is 13.1. The van der Waals surface area contributed by atoms with Gasteiger partial charge in [0.2, 0.25) is 21.8 Å². The van der Waals surface area contributed by atoms with E-state index >= 15 is 0 Å². The van der Waals surface area contributed by atoms with Crippen molar-refractivity contribution in [1.29, 1.82) is 0 Å². The summed E-state index contributed by atoms with van der Waals surface area (Å²) in [7, 11) is -2.56. The van der Waals surface area contributed by atoms with E-state index < -0.39 is 34.1 Å². The maximum absolute atomic E-state index is 13.1. The minimum absolute atomic E-state index is 0.00919. The number of hydrogen-bond acceptors (Lipinski definition) is 7. The Morgan fingerprint density at radius 3 is 2.62 bits per heavy atom. The zero-order chi connectivity index (χ0) is 23.5. The molecular weight excluding hydrogens is 501 g/mol. The standard InChI is InChI=1S/C19H25Cl2N3O6S2/c1-12(29-2)17(19(26)23-7-9-30-10-8-23)24-6-5-14(18(24)25)22-32(27,28)11-13(20)15-3-4-16(21)31-15/h3-4,11-12,14,17,22H,5-10H2,1-2H3/t12-,14+,17+/m1/s1. The molecular formula is C19H25Cl2N3O6S2. The van der Waals surface area contributed by atoms with E-state index in [0.717, 1.165) is 16.7 Å². The lowest BCUT2D eigenvalue weighted by atomic mass is 10.1. The SMILES string of the molecule is CO[C@H](C)[C@@H](C(=O)N1CCOCC1)N1CC[C@H](NS(=O)(=O)C=C(Cl)c2ccc(Cl)s2)C1=O. The zero-order valence-corrected chi connectivity index (χ0v) is 20.8. The normalized spacial score (nSPS) is 22.3. The van der Waals surface area contributed by atoms with Crippen LogP contribution in [0.3, 0.4) is 0 Å². The van der Waals surface area contributed by atoms with Gasteiger partial charge < -0.3 is 19.3 Å². The Labute approximate surface area is 201 Å². The van der Waals surface area contributed by atoms with Crippen molar-refractivity contribution in [2.24, 2.45) is 0 Å². The van der Waals surface area contributed by atoms with E-state index in [0.29, 0.717) is 35.5 Å². The predicted molar refractivity (Wildman–Crippen MR) is 123 cm³/mol. The van der Waals surface area contributed by atoms with Crippen LogP contribution < -0.4 is 4.72 Å². The number of carbonyl (C=O) groups is 2. The number of nitrogens with zero attached hydrogens (tertiary/aromatic N) is 2. The van der Waals surface area contributed by atoms with Crippen molar-refractivity contribution in [1.82, 2.24) is 14.5 Å². The number of sulfonamides is 1. The smallest absolute Gasteiger partial charge is 0.248 e. The van der Waals surface area contributed by atoms with Gasteiger partial charge in [0.15, 0.2) is 0 Å². The van der Waals surface area contributed by atoms with Crippen molar-refractivity contribution in [3.05, 3.63) is 26.8 Å². The molecule has 0 unspecified atom stereocenters. The summed E-state index contributed by atoms with van der Waals surface area (Å²) in [6.45, 7) is 3.65. The van der Waals surface area contributed by atoms with Gasteiger partial charge in [-0.15, -0.1) is 11.3 Å². The molecule has 0 spiro atoms. The second-order valence-electron chi connectivity index (χ2n) is 7.43. The van der Waals surface area contributed by atoms with Crippen molar-refractivity contribution in [2.45, 2.75) is 31.5 Å². The highest BCUT2D eigenvalue weighted by molar-refractivity contribution is 7.92. The second kappa shape index (κ2) is 10.8. The monoisotopic (exact) mass is 525 g/mol. The van der Waals surface area contributed by atoms with Crippen molar-refractivity contribution >= 4 is 61.4 Å². The predicted octanol–water partition coefficient (Wildman–Crippen LogP) is 1.72. The van der Waals surface area contributed by atoms with Crippen molar-refractivity contribution in [2.75, 3.05) is 40.0 Å². The highest BCUT2D eigenvalue weighted by Crippen LogP contribution is 2.30. The van der Waals surface area contributed by atoms with E-state index in [1.165, 1.54) is 12.0 Å². The third-order valence-corrected chi connectivity index (χ3v) is 8.32. The molecule has 178 valence electrons. The highest BCUT2D eigenvalue weighted by atomic mass is 35.5. The number of thiophene rings is 1. The van der Waals surface area contributed by atoms with Gasteiger partial charge in [0.25, 0.3) is 0 Å². The number of morpholine rings is 1. The fourth-order valence-electron chi connectivity index (χ4n) is 3.64. The molecule has 2 fully saturated rings. The fraction of sp³-hybridized carbons (Fsp3) is 0.579. The maximum atomic E-state index is 13.1. The van der Waals surface area contributed by atoms with Crippen molar-refractivity contribution < 1.29 is 27.5 Å². The van der Waals surface area contributed by atoms with E-state index in [1.54, 1.807) is 24.0 Å². The highest BCUT2D eigenvalue weighted by Gasteiger charge is 2.44. The number of nitrogens with one attached hydrogen (secondary N) is 1. The first-order valence-electron chi connectivity index (χ1n) is 9.98. The Bertz CT molecular complexity index is 977. The van der Waals surface area contributed by atoms with Crippen LogP contribution in [0.25, 0.3) is 5.03 Å². The number of ether oxygens (including phenoxy) is 2. The minimum Gasteiger partial charge on any atom is -0.379 e. The topological polar surface area (TPSA) is 105 Å². The van der Waals surface area contributed by atoms with E-state index in [1.807, 2.05) is 0 Å². The van der Waals surface area contributed by atoms with Gasteiger partial charge in [-0.25, -0.2) is 8.42 Å². The number of rotatable bonds is 8. The van der Waals surface area contributed by atoms with Crippen LogP contribution in [-0.4, -0.2) is 88.2 Å². The van der Waals surface area contributed by atoms with Gasteiger partial charge in [-0.2, -0.15) is 4.72 Å². The van der Waals surface area contributed by atoms with Crippen LogP contribution in [0, 0.1) is 0 Å². The fourth-order valence-corrected chi connectivity index (χ4v) is 6.28. The molecule has 0 aromatic carbocycles. The van der Waals surface area contributed by atoms with Crippen LogP contribution in [-0.2, 0) is 29.1 Å². The van der Waals surface area contributed by atoms with Crippen LogP contribution in [0.4, 0.5) is 0 Å². The molecule has 3 heterocycles. The summed E-state index contributed by atoms with van der Waals surface area (Å²) in [5.74, 6) is -0.718. The van der Waals surface area contributed by atoms with E-state index in [2.05, 4.69) is 4.72 Å². The van der Waals surface area contributed by atoms with Crippen molar-refractivity contribution in [3.63, 3.8) is 0 Å². The number of hydrogen-bond donors (Lipinski definition) is 1. The average molecular weight is 526 g/mol. The first-order valence-corrected chi connectivity index (χ1v) is 13.1. The Balaban J connectivity index is 1.73. The molecule has 2 aliphatic rings. The van der Waals surface area contributed by atoms with Gasteiger partial charge in [-0.3, -0.25) is 9.59 Å². The molecule has 3 rings (SSSR count). The third-order valence-electron chi connectivity index (χ3n) is 5.34. The number of carbonyl (C=O) groups excluding carboxylic acids is 2. The Morgan fingerprint density at radius 2 is 2.03 bits per heavy atom. The van der Waals surface area contributed by atoms with Crippen LogP contribution in [0.15, 0.2) is 17.5 Å². The lowest BCUT2D eigenvalue weighted by Crippen LogP contribution is -2.57. The summed E-state index contributed by atoms with van der Waals surface area (Å²) in [6, 6.07) is 1.36. The lowest BCUT2D eigenvalue weighted by molar-refractivity contribution is -0.152. The molecule has 2 amide bonds. The quantitative estimate of drug-likeness (QED) is 0.553. The minimum atomic E-state index is -4.02. The molecule has 13 heteroatoms. The molecule has 3 atom stereocenters. The molecule has 0 bridgehead atoms.